The smallest absolute Gasteiger partial charge is 0.0839 e. The van der Waals surface area contributed by atoms with Crippen molar-refractivity contribution in [1.82, 2.24) is 20.1 Å². The van der Waals surface area contributed by atoms with Crippen molar-refractivity contribution in [1.29, 1.82) is 0 Å². The lowest BCUT2D eigenvalue weighted by Gasteiger charge is -2.16. The van der Waals surface area contributed by atoms with Crippen molar-refractivity contribution >= 4 is 10.9 Å². The minimum atomic E-state index is 0.0779. The van der Waals surface area contributed by atoms with Crippen LogP contribution in [0.5, 0.6) is 0 Å². The van der Waals surface area contributed by atoms with Crippen LogP contribution < -0.4 is 5.32 Å². The normalized spacial score (nSPS) is 12.7. The SMILES string of the molecule is CNC(c1ccn(C)n1)c1ccnc2ccccc12. The average molecular weight is 252 g/mol. The van der Waals surface area contributed by atoms with Gasteiger partial charge in [-0.15, -0.1) is 0 Å². The Hall–Kier alpha value is -2.20. The second-order valence-corrected chi connectivity index (χ2v) is 4.55. The fourth-order valence-corrected chi connectivity index (χ4v) is 2.42. The van der Waals surface area contributed by atoms with Gasteiger partial charge in [0.05, 0.1) is 17.3 Å². The molecule has 1 aromatic carbocycles. The minimum absolute atomic E-state index is 0.0779. The molecular formula is C15H16N4. The van der Waals surface area contributed by atoms with Crippen molar-refractivity contribution in [3.05, 3.63) is 60.0 Å². The lowest BCUT2D eigenvalue weighted by Crippen LogP contribution is -2.19. The zero-order chi connectivity index (χ0) is 13.2. The summed E-state index contributed by atoms with van der Waals surface area (Å²) in [5, 5.41) is 9.00. The Labute approximate surface area is 112 Å². The maximum atomic E-state index is 4.50. The Morgan fingerprint density at radius 3 is 2.74 bits per heavy atom. The zero-order valence-corrected chi connectivity index (χ0v) is 11.0. The molecule has 0 spiro atoms. The maximum Gasteiger partial charge on any atom is 0.0839 e. The van der Waals surface area contributed by atoms with Crippen LogP contribution in [0.2, 0.25) is 0 Å². The van der Waals surface area contributed by atoms with E-state index in [0.717, 1.165) is 16.6 Å². The van der Waals surface area contributed by atoms with Gasteiger partial charge in [-0.25, -0.2) is 0 Å². The number of hydrogen-bond donors (Lipinski definition) is 1. The standard InChI is InChI=1S/C15H16N4/c1-16-15(14-8-10-19(2)18-14)12-7-9-17-13-6-4-3-5-11(12)13/h3-10,15-16H,1-2H3. The quantitative estimate of drug-likeness (QED) is 0.777. The first-order chi connectivity index (χ1) is 9.29. The predicted octanol–water partition coefficient (Wildman–Crippen LogP) is 2.28. The molecule has 0 aliphatic carbocycles. The first kappa shape index (κ1) is 11.9. The van der Waals surface area contributed by atoms with E-state index < -0.39 is 0 Å². The van der Waals surface area contributed by atoms with Crippen molar-refractivity contribution in [2.45, 2.75) is 6.04 Å². The molecule has 0 amide bonds. The largest absolute Gasteiger partial charge is 0.308 e. The molecule has 0 saturated heterocycles. The van der Waals surface area contributed by atoms with Crippen LogP contribution in [-0.2, 0) is 7.05 Å². The molecule has 1 atom stereocenters. The molecule has 1 unspecified atom stereocenters. The summed E-state index contributed by atoms with van der Waals surface area (Å²) in [5.41, 5.74) is 3.23. The minimum Gasteiger partial charge on any atom is -0.308 e. The molecule has 4 heteroatoms. The number of nitrogens with zero attached hydrogens (tertiary/aromatic N) is 3. The number of hydrogen-bond acceptors (Lipinski definition) is 3. The third kappa shape index (κ3) is 2.11. The van der Waals surface area contributed by atoms with E-state index in [1.165, 1.54) is 5.56 Å². The number of aryl methyl sites for hydroxylation is 1. The molecule has 19 heavy (non-hydrogen) atoms. The summed E-state index contributed by atoms with van der Waals surface area (Å²) in [6.07, 6.45) is 3.81. The zero-order valence-electron chi connectivity index (χ0n) is 11.0. The summed E-state index contributed by atoms with van der Waals surface area (Å²) in [5.74, 6) is 0. The van der Waals surface area contributed by atoms with Crippen molar-refractivity contribution < 1.29 is 0 Å². The second-order valence-electron chi connectivity index (χ2n) is 4.55. The Morgan fingerprint density at radius 2 is 2.00 bits per heavy atom. The summed E-state index contributed by atoms with van der Waals surface area (Å²) in [6.45, 7) is 0. The fourth-order valence-electron chi connectivity index (χ4n) is 2.42. The molecular weight excluding hydrogens is 236 g/mol. The van der Waals surface area contributed by atoms with Crippen molar-refractivity contribution in [3.8, 4) is 0 Å². The lowest BCUT2D eigenvalue weighted by molar-refractivity contribution is 0.645. The Morgan fingerprint density at radius 1 is 1.16 bits per heavy atom. The first-order valence-electron chi connectivity index (χ1n) is 6.30. The third-order valence-corrected chi connectivity index (χ3v) is 3.31. The highest BCUT2D eigenvalue weighted by Crippen LogP contribution is 2.26. The topological polar surface area (TPSA) is 42.7 Å². The average Bonchev–Trinajstić information content (AvgIpc) is 2.86. The van der Waals surface area contributed by atoms with Crippen molar-refractivity contribution in [3.63, 3.8) is 0 Å². The number of benzene rings is 1. The van der Waals surface area contributed by atoms with Crippen LogP contribution in [0.3, 0.4) is 0 Å². The van der Waals surface area contributed by atoms with Gasteiger partial charge in [0, 0.05) is 24.8 Å². The summed E-state index contributed by atoms with van der Waals surface area (Å²) in [4.78, 5) is 4.40. The number of pyridine rings is 1. The van der Waals surface area contributed by atoms with Gasteiger partial charge in [0.25, 0.3) is 0 Å². The molecule has 0 bridgehead atoms. The molecule has 3 rings (SSSR count). The van der Waals surface area contributed by atoms with Gasteiger partial charge >= 0.3 is 0 Å². The maximum absolute atomic E-state index is 4.50. The van der Waals surface area contributed by atoms with Crippen LogP contribution in [0, 0.1) is 0 Å². The second kappa shape index (κ2) is 4.82. The van der Waals surface area contributed by atoms with Gasteiger partial charge in [0.1, 0.15) is 0 Å². The Bertz CT molecular complexity index is 697. The highest BCUT2D eigenvalue weighted by Gasteiger charge is 2.17. The summed E-state index contributed by atoms with van der Waals surface area (Å²) in [7, 11) is 3.88. The lowest BCUT2D eigenvalue weighted by atomic mass is 10.00. The van der Waals surface area contributed by atoms with Gasteiger partial charge in [-0.3, -0.25) is 9.67 Å². The summed E-state index contributed by atoms with van der Waals surface area (Å²) >= 11 is 0. The van der Waals surface area contributed by atoms with E-state index in [-0.39, 0.29) is 6.04 Å². The summed E-state index contributed by atoms with van der Waals surface area (Å²) in [6, 6.07) is 12.4. The molecule has 96 valence electrons. The Kier molecular flexibility index (Phi) is 3.01. The van der Waals surface area contributed by atoms with Crippen LogP contribution in [0.1, 0.15) is 17.3 Å². The van der Waals surface area contributed by atoms with Gasteiger partial charge in [0.2, 0.25) is 0 Å². The van der Waals surface area contributed by atoms with E-state index in [1.54, 1.807) is 0 Å². The van der Waals surface area contributed by atoms with Gasteiger partial charge in [-0.2, -0.15) is 5.10 Å². The van der Waals surface area contributed by atoms with Crippen LogP contribution in [0.15, 0.2) is 48.8 Å². The molecule has 4 nitrogen and oxygen atoms in total. The van der Waals surface area contributed by atoms with E-state index in [4.69, 9.17) is 0 Å². The summed E-state index contributed by atoms with van der Waals surface area (Å²) < 4.78 is 1.82. The van der Waals surface area contributed by atoms with Gasteiger partial charge in [-0.05, 0) is 30.8 Å². The predicted molar refractivity (Wildman–Crippen MR) is 75.9 cm³/mol. The van der Waals surface area contributed by atoms with Crippen LogP contribution >= 0.6 is 0 Å². The van der Waals surface area contributed by atoms with E-state index in [9.17, 15) is 0 Å². The molecule has 0 saturated carbocycles. The number of rotatable bonds is 3. The fraction of sp³-hybridized carbons (Fsp3) is 0.200. The van der Waals surface area contributed by atoms with Gasteiger partial charge in [-0.1, -0.05) is 18.2 Å². The molecule has 0 fully saturated rings. The highest BCUT2D eigenvalue weighted by atomic mass is 15.3. The van der Waals surface area contributed by atoms with Gasteiger partial charge < -0.3 is 5.32 Å². The molecule has 0 aliphatic rings. The Balaban J connectivity index is 2.16. The highest BCUT2D eigenvalue weighted by molar-refractivity contribution is 5.82. The number of nitrogens with one attached hydrogen (secondary N) is 1. The van der Waals surface area contributed by atoms with Gasteiger partial charge in [0.15, 0.2) is 0 Å². The van der Waals surface area contributed by atoms with Crippen molar-refractivity contribution in [2.24, 2.45) is 7.05 Å². The van der Waals surface area contributed by atoms with E-state index in [2.05, 4.69) is 27.5 Å². The van der Waals surface area contributed by atoms with Crippen molar-refractivity contribution in [2.75, 3.05) is 7.05 Å². The van der Waals surface area contributed by atoms with E-state index >= 15 is 0 Å². The van der Waals surface area contributed by atoms with Crippen LogP contribution in [-0.4, -0.2) is 21.8 Å². The molecule has 0 aliphatic heterocycles. The van der Waals surface area contributed by atoms with Crippen LogP contribution in [0.4, 0.5) is 0 Å². The molecule has 1 N–H and O–H groups in total. The number of aromatic nitrogens is 3. The molecule has 2 aromatic heterocycles. The monoisotopic (exact) mass is 252 g/mol. The third-order valence-electron chi connectivity index (χ3n) is 3.31. The molecule has 3 aromatic rings. The molecule has 2 heterocycles. The molecule has 0 radical (unpaired) electrons. The number of para-hydroxylation sites is 1. The van der Waals surface area contributed by atoms with Crippen LogP contribution in [0.25, 0.3) is 10.9 Å². The van der Waals surface area contributed by atoms with E-state index in [1.807, 2.05) is 55.4 Å². The van der Waals surface area contributed by atoms with E-state index in [0.29, 0.717) is 0 Å². The number of fused-ring (bicyclic) bond motifs is 1. The first-order valence-corrected chi connectivity index (χ1v) is 6.30.